The highest BCUT2D eigenvalue weighted by Crippen LogP contribution is 2.35. The molecule has 1 aliphatic carbocycles. The van der Waals surface area contributed by atoms with Crippen molar-refractivity contribution in [2.24, 2.45) is 0 Å². The Hall–Kier alpha value is -1.02. The zero-order valence-corrected chi connectivity index (χ0v) is 11.2. The van der Waals surface area contributed by atoms with Crippen molar-refractivity contribution in [1.82, 2.24) is 0 Å². The van der Waals surface area contributed by atoms with Crippen LogP contribution >= 0.6 is 0 Å². The fourth-order valence-corrected chi connectivity index (χ4v) is 2.16. The Balaban J connectivity index is 2.21. The number of ether oxygens (including phenoxy) is 1. The van der Waals surface area contributed by atoms with Gasteiger partial charge in [0, 0.05) is 12.8 Å². The van der Waals surface area contributed by atoms with Gasteiger partial charge in [0.2, 0.25) is 0 Å². The largest absolute Gasteiger partial charge is 0.490 e. The van der Waals surface area contributed by atoms with E-state index in [0.717, 1.165) is 18.6 Å². The fraction of sp³-hybridized carbons (Fsp3) is 0.600. The normalized spacial score (nSPS) is 24.3. The van der Waals surface area contributed by atoms with Gasteiger partial charge >= 0.3 is 0 Å². The van der Waals surface area contributed by atoms with E-state index in [0.29, 0.717) is 0 Å². The Bertz CT molecular complexity index is 398. The quantitative estimate of drug-likeness (QED) is 0.851. The Kier molecular flexibility index (Phi) is 3.17. The summed E-state index contributed by atoms with van der Waals surface area (Å²) in [6, 6.07) is 6.38. The van der Waals surface area contributed by atoms with Gasteiger partial charge in [-0.3, -0.25) is 0 Å². The average Bonchev–Trinajstić information content (AvgIpc) is 2.13. The zero-order chi connectivity index (χ0) is 12.6. The topological polar surface area (TPSA) is 29.5 Å². The Morgan fingerprint density at radius 1 is 1.24 bits per heavy atom. The van der Waals surface area contributed by atoms with Gasteiger partial charge in [-0.1, -0.05) is 32.9 Å². The molecule has 1 aliphatic rings. The molecule has 1 N–H and O–H groups in total. The van der Waals surface area contributed by atoms with E-state index in [9.17, 15) is 5.11 Å². The molecule has 0 bridgehead atoms. The molecule has 0 aliphatic heterocycles. The summed E-state index contributed by atoms with van der Waals surface area (Å²) in [6.45, 7) is 8.66. The third-order valence-electron chi connectivity index (χ3n) is 3.31. The molecule has 2 nitrogen and oxygen atoms in total. The van der Waals surface area contributed by atoms with Crippen LogP contribution in [0.5, 0.6) is 5.75 Å². The van der Waals surface area contributed by atoms with Crippen LogP contribution in [-0.2, 0) is 5.41 Å². The van der Waals surface area contributed by atoms with Crippen molar-refractivity contribution in [2.75, 3.05) is 0 Å². The van der Waals surface area contributed by atoms with Crippen molar-refractivity contribution < 1.29 is 9.84 Å². The van der Waals surface area contributed by atoms with Gasteiger partial charge < -0.3 is 9.84 Å². The Morgan fingerprint density at radius 2 is 1.88 bits per heavy atom. The highest BCUT2D eigenvalue weighted by molar-refractivity contribution is 5.41. The summed E-state index contributed by atoms with van der Waals surface area (Å²) >= 11 is 0. The van der Waals surface area contributed by atoms with E-state index in [4.69, 9.17) is 4.74 Å². The van der Waals surface area contributed by atoms with E-state index in [2.05, 4.69) is 45.9 Å². The molecule has 0 atom stereocenters. The van der Waals surface area contributed by atoms with Crippen molar-refractivity contribution in [1.29, 1.82) is 0 Å². The first-order chi connectivity index (χ1) is 7.86. The van der Waals surface area contributed by atoms with Gasteiger partial charge in [0.05, 0.1) is 6.10 Å². The van der Waals surface area contributed by atoms with Crippen molar-refractivity contribution in [3.63, 3.8) is 0 Å². The minimum atomic E-state index is -0.164. The first-order valence-corrected chi connectivity index (χ1v) is 6.32. The molecule has 17 heavy (non-hydrogen) atoms. The van der Waals surface area contributed by atoms with E-state index in [1.165, 1.54) is 11.1 Å². The van der Waals surface area contributed by atoms with Gasteiger partial charge in [-0.15, -0.1) is 0 Å². The first-order valence-electron chi connectivity index (χ1n) is 6.32. The van der Waals surface area contributed by atoms with E-state index in [1.807, 2.05) is 0 Å². The van der Waals surface area contributed by atoms with Crippen LogP contribution in [0.15, 0.2) is 18.2 Å². The minimum absolute atomic E-state index is 0.0887. The van der Waals surface area contributed by atoms with E-state index >= 15 is 0 Å². The fourth-order valence-electron chi connectivity index (χ4n) is 2.16. The summed E-state index contributed by atoms with van der Waals surface area (Å²) in [5.74, 6) is 0.981. The SMILES string of the molecule is Cc1ccc(C(C)(C)C)c(OC2CC(O)C2)c1. The highest BCUT2D eigenvalue weighted by atomic mass is 16.5. The lowest BCUT2D eigenvalue weighted by atomic mass is 9.85. The minimum Gasteiger partial charge on any atom is -0.490 e. The molecule has 1 aromatic rings. The molecule has 0 heterocycles. The molecule has 2 heteroatoms. The highest BCUT2D eigenvalue weighted by Gasteiger charge is 2.30. The van der Waals surface area contributed by atoms with E-state index in [-0.39, 0.29) is 17.6 Å². The summed E-state index contributed by atoms with van der Waals surface area (Å²) in [5.41, 5.74) is 2.54. The third kappa shape index (κ3) is 2.81. The predicted octanol–water partition coefficient (Wildman–Crippen LogP) is 3.19. The van der Waals surface area contributed by atoms with Crippen molar-refractivity contribution in [3.05, 3.63) is 29.3 Å². The molecule has 0 unspecified atom stereocenters. The van der Waals surface area contributed by atoms with Crippen molar-refractivity contribution >= 4 is 0 Å². The molecule has 0 radical (unpaired) electrons. The average molecular weight is 234 g/mol. The molecule has 1 saturated carbocycles. The number of aliphatic hydroxyl groups is 1. The second-order valence-electron chi connectivity index (χ2n) is 6.11. The molecule has 2 rings (SSSR count). The molecule has 94 valence electrons. The maximum Gasteiger partial charge on any atom is 0.123 e. The summed E-state index contributed by atoms with van der Waals surface area (Å²) < 4.78 is 6.00. The lowest BCUT2D eigenvalue weighted by molar-refractivity contribution is -0.0115. The van der Waals surface area contributed by atoms with E-state index in [1.54, 1.807) is 0 Å². The van der Waals surface area contributed by atoms with Crippen LogP contribution in [0.1, 0.15) is 44.7 Å². The number of hydrogen-bond acceptors (Lipinski definition) is 2. The summed E-state index contributed by atoms with van der Waals surface area (Å²) in [6.07, 6.45) is 1.55. The van der Waals surface area contributed by atoms with Gasteiger partial charge in [-0.25, -0.2) is 0 Å². The predicted molar refractivity (Wildman–Crippen MR) is 69.5 cm³/mol. The molecule has 1 fully saturated rings. The molecule has 1 aromatic carbocycles. The van der Waals surface area contributed by atoms with Gasteiger partial charge in [0.15, 0.2) is 0 Å². The van der Waals surface area contributed by atoms with Crippen LogP contribution in [0, 0.1) is 6.92 Å². The number of aliphatic hydroxyl groups excluding tert-OH is 1. The van der Waals surface area contributed by atoms with Crippen LogP contribution < -0.4 is 4.74 Å². The number of aryl methyl sites for hydroxylation is 1. The maximum absolute atomic E-state index is 9.30. The zero-order valence-electron chi connectivity index (χ0n) is 11.2. The second-order valence-corrected chi connectivity index (χ2v) is 6.11. The molecule has 0 amide bonds. The first kappa shape index (κ1) is 12.4. The summed E-state index contributed by atoms with van der Waals surface area (Å²) in [7, 11) is 0. The second kappa shape index (κ2) is 4.34. The molecule has 0 aromatic heterocycles. The smallest absolute Gasteiger partial charge is 0.123 e. The summed E-state index contributed by atoms with van der Waals surface area (Å²) in [4.78, 5) is 0. The van der Waals surface area contributed by atoms with E-state index < -0.39 is 0 Å². The number of hydrogen-bond donors (Lipinski definition) is 1. The molecular formula is C15H22O2. The maximum atomic E-state index is 9.30. The third-order valence-corrected chi connectivity index (χ3v) is 3.31. The van der Waals surface area contributed by atoms with Crippen LogP contribution in [0.2, 0.25) is 0 Å². The Morgan fingerprint density at radius 3 is 2.41 bits per heavy atom. The monoisotopic (exact) mass is 234 g/mol. The lowest BCUT2D eigenvalue weighted by Gasteiger charge is -2.34. The van der Waals surface area contributed by atoms with Gasteiger partial charge in [0.25, 0.3) is 0 Å². The number of benzene rings is 1. The molecule has 0 saturated heterocycles. The molecular weight excluding hydrogens is 212 g/mol. The lowest BCUT2D eigenvalue weighted by Crippen LogP contribution is -2.38. The number of rotatable bonds is 2. The molecule has 0 spiro atoms. The van der Waals surface area contributed by atoms with Crippen LogP contribution in [0.25, 0.3) is 0 Å². The standard InChI is InChI=1S/C15H22O2/c1-10-5-6-13(15(2,3)4)14(7-10)17-12-8-11(16)9-12/h5-7,11-12,16H,8-9H2,1-4H3. The van der Waals surface area contributed by atoms with Gasteiger partial charge in [-0.05, 0) is 29.5 Å². The van der Waals surface area contributed by atoms with Gasteiger partial charge in [0.1, 0.15) is 11.9 Å². The van der Waals surface area contributed by atoms with Crippen LogP contribution in [-0.4, -0.2) is 17.3 Å². The van der Waals surface area contributed by atoms with Gasteiger partial charge in [-0.2, -0.15) is 0 Å². The van der Waals surface area contributed by atoms with Crippen molar-refractivity contribution in [3.8, 4) is 5.75 Å². The van der Waals surface area contributed by atoms with Crippen LogP contribution in [0.4, 0.5) is 0 Å². The van der Waals surface area contributed by atoms with Crippen molar-refractivity contribution in [2.45, 2.75) is 58.2 Å². The summed E-state index contributed by atoms with van der Waals surface area (Å²) in [5, 5.41) is 9.30. The Labute approximate surface area is 104 Å². The van der Waals surface area contributed by atoms with Crippen LogP contribution in [0.3, 0.4) is 0 Å².